The van der Waals surface area contributed by atoms with Gasteiger partial charge < -0.3 is 10.1 Å². The van der Waals surface area contributed by atoms with E-state index in [9.17, 15) is 22.0 Å². The Morgan fingerprint density at radius 3 is 2.29 bits per heavy atom. The van der Waals surface area contributed by atoms with E-state index in [-0.39, 0.29) is 18.1 Å². The summed E-state index contributed by atoms with van der Waals surface area (Å²) in [6.45, 7) is 4.48. The van der Waals surface area contributed by atoms with Gasteiger partial charge in [0.15, 0.2) is 11.6 Å². The Kier molecular flexibility index (Phi) is 7.88. The quantitative estimate of drug-likeness (QED) is 0.454. The van der Waals surface area contributed by atoms with E-state index in [1.807, 2.05) is 32.0 Å². The summed E-state index contributed by atoms with van der Waals surface area (Å²) in [5, 5.41) is 2.77. The smallest absolute Gasteiger partial charge is 0.251 e. The Balaban J connectivity index is 1.59. The number of hydrogen-bond donors (Lipinski definition) is 1. The van der Waals surface area contributed by atoms with Crippen molar-refractivity contribution in [3.8, 4) is 5.75 Å². The van der Waals surface area contributed by atoms with Gasteiger partial charge in [-0.25, -0.2) is 17.2 Å². The van der Waals surface area contributed by atoms with Gasteiger partial charge >= 0.3 is 0 Å². The van der Waals surface area contributed by atoms with Crippen LogP contribution >= 0.6 is 0 Å². The number of benzene rings is 3. The zero-order valence-electron chi connectivity index (χ0n) is 19.1. The number of anilines is 1. The number of nitrogens with one attached hydrogen (secondary N) is 1. The van der Waals surface area contributed by atoms with Gasteiger partial charge in [0.2, 0.25) is 10.0 Å². The van der Waals surface area contributed by atoms with E-state index in [4.69, 9.17) is 4.74 Å². The van der Waals surface area contributed by atoms with Gasteiger partial charge in [-0.1, -0.05) is 29.8 Å². The maximum atomic E-state index is 13.6. The SMILES string of the molecule is Cc1ccc(OCCNC(=O)c2ccc(CN(c3ccc(F)c(F)c3)S(C)(=O)=O)cc2)c(C)c1. The van der Waals surface area contributed by atoms with Crippen molar-refractivity contribution in [3.05, 3.63) is 94.6 Å². The molecule has 0 radical (unpaired) electrons. The molecule has 0 saturated carbocycles. The first kappa shape index (κ1) is 25.2. The van der Waals surface area contributed by atoms with Crippen LogP contribution in [-0.4, -0.2) is 33.7 Å². The highest BCUT2D eigenvalue weighted by Crippen LogP contribution is 2.23. The molecule has 9 heteroatoms. The van der Waals surface area contributed by atoms with Crippen molar-refractivity contribution >= 4 is 21.6 Å². The highest BCUT2D eigenvalue weighted by atomic mass is 32.2. The molecule has 3 rings (SSSR count). The van der Waals surface area contributed by atoms with Crippen LogP contribution in [0.25, 0.3) is 0 Å². The van der Waals surface area contributed by atoms with Gasteiger partial charge in [0.05, 0.1) is 25.0 Å². The maximum absolute atomic E-state index is 13.6. The highest BCUT2D eigenvalue weighted by molar-refractivity contribution is 7.92. The summed E-state index contributed by atoms with van der Waals surface area (Å²) in [5.41, 5.74) is 3.14. The Hall–Kier alpha value is -3.46. The Labute approximate surface area is 198 Å². The summed E-state index contributed by atoms with van der Waals surface area (Å²) in [6, 6.07) is 15.1. The van der Waals surface area contributed by atoms with Crippen LogP contribution < -0.4 is 14.4 Å². The van der Waals surface area contributed by atoms with E-state index >= 15 is 0 Å². The number of carbonyl (C=O) groups is 1. The number of nitrogens with zero attached hydrogens (tertiary/aromatic N) is 1. The van der Waals surface area contributed by atoms with Crippen LogP contribution in [0.3, 0.4) is 0 Å². The molecule has 0 aromatic heterocycles. The number of aryl methyl sites for hydroxylation is 2. The fourth-order valence-electron chi connectivity index (χ4n) is 3.36. The molecule has 180 valence electrons. The molecule has 3 aromatic rings. The van der Waals surface area contributed by atoms with Gasteiger partial charge in [0, 0.05) is 11.6 Å². The molecule has 0 aliphatic heterocycles. The number of amides is 1. The van der Waals surface area contributed by atoms with E-state index in [0.717, 1.165) is 39.6 Å². The zero-order chi connectivity index (χ0) is 24.9. The van der Waals surface area contributed by atoms with E-state index in [1.54, 1.807) is 24.3 Å². The summed E-state index contributed by atoms with van der Waals surface area (Å²) >= 11 is 0. The summed E-state index contributed by atoms with van der Waals surface area (Å²) in [4.78, 5) is 12.4. The van der Waals surface area contributed by atoms with Crippen molar-refractivity contribution < 1.29 is 26.7 Å². The third-order valence-corrected chi connectivity index (χ3v) is 6.25. The van der Waals surface area contributed by atoms with Crippen molar-refractivity contribution in [2.45, 2.75) is 20.4 Å². The zero-order valence-corrected chi connectivity index (χ0v) is 20.0. The molecule has 0 atom stereocenters. The third kappa shape index (κ3) is 6.54. The number of sulfonamides is 1. The highest BCUT2D eigenvalue weighted by Gasteiger charge is 2.19. The lowest BCUT2D eigenvalue weighted by molar-refractivity contribution is 0.0947. The molecule has 3 aromatic carbocycles. The molecule has 0 fully saturated rings. The summed E-state index contributed by atoms with van der Waals surface area (Å²) in [5.74, 6) is -1.73. The van der Waals surface area contributed by atoms with Crippen LogP contribution in [0.5, 0.6) is 5.75 Å². The number of halogens is 2. The Bertz CT molecular complexity index is 1280. The van der Waals surface area contributed by atoms with E-state index in [2.05, 4.69) is 5.32 Å². The molecule has 0 aliphatic rings. The number of ether oxygens (including phenoxy) is 1. The van der Waals surface area contributed by atoms with E-state index in [0.29, 0.717) is 24.3 Å². The predicted molar refractivity (Wildman–Crippen MR) is 128 cm³/mol. The van der Waals surface area contributed by atoms with Gasteiger partial charge in [-0.2, -0.15) is 0 Å². The summed E-state index contributed by atoms with van der Waals surface area (Å²) in [6.07, 6.45) is 0.982. The van der Waals surface area contributed by atoms with Crippen LogP contribution in [0, 0.1) is 25.5 Å². The summed E-state index contributed by atoms with van der Waals surface area (Å²) < 4.78 is 58.0. The monoisotopic (exact) mass is 488 g/mol. The molecular weight excluding hydrogens is 462 g/mol. The molecular formula is C25H26F2N2O4S. The fourth-order valence-corrected chi connectivity index (χ4v) is 4.24. The molecule has 1 N–H and O–H groups in total. The predicted octanol–water partition coefficient (Wildman–Crippen LogP) is 4.36. The average molecular weight is 489 g/mol. The van der Waals surface area contributed by atoms with Gasteiger partial charge in [0.1, 0.15) is 12.4 Å². The minimum Gasteiger partial charge on any atom is -0.491 e. The molecule has 6 nitrogen and oxygen atoms in total. The molecule has 0 spiro atoms. The topological polar surface area (TPSA) is 75.7 Å². The lowest BCUT2D eigenvalue weighted by atomic mass is 10.1. The third-order valence-electron chi connectivity index (χ3n) is 5.11. The molecule has 1 amide bonds. The molecule has 0 unspecified atom stereocenters. The second kappa shape index (κ2) is 10.6. The van der Waals surface area contributed by atoms with E-state index < -0.39 is 21.7 Å². The molecule has 0 heterocycles. The van der Waals surface area contributed by atoms with Gasteiger partial charge in [-0.15, -0.1) is 0 Å². The standard InChI is InChI=1S/C25H26F2N2O4S/c1-17-4-11-24(18(2)14-17)33-13-12-28-25(30)20-7-5-19(6-8-20)16-29(34(3,31)32)21-9-10-22(26)23(27)15-21/h4-11,14-15H,12-13,16H2,1-3H3,(H,28,30). The normalized spacial score (nSPS) is 11.2. The molecule has 34 heavy (non-hydrogen) atoms. The van der Waals surface area contributed by atoms with Crippen LogP contribution in [0.4, 0.5) is 14.5 Å². The van der Waals surface area contributed by atoms with Crippen LogP contribution in [0.2, 0.25) is 0 Å². The number of carbonyl (C=O) groups excluding carboxylic acids is 1. The Morgan fingerprint density at radius 1 is 0.971 bits per heavy atom. The first-order valence-corrected chi connectivity index (χ1v) is 12.4. The lowest BCUT2D eigenvalue weighted by Crippen LogP contribution is -2.30. The average Bonchev–Trinajstić information content (AvgIpc) is 2.77. The minimum absolute atomic E-state index is 0.00651. The summed E-state index contributed by atoms with van der Waals surface area (Å²) in [7, 11) is -3.76. The number of rotatable bonds is 9. The lowest BCUT2D eigenvalue weighted by Gasteiger charge is -2.22. The number of hydrogen-bond acceptors (Lipinski definition) is 4. The second-order valence-corrected chi connectivity index (χ2v) is 9.85. The van der Waals surface area contributed by atoms with Gasteiger partial charge in [-0.3, -0.25) is 9.10 Å². The van der Waals surface area contributed by atoms with Crippen LogP contribution in [-0.2, 0) is 16.6 Å². The Morgan fingerprint density at radius 2 is 1.68 bits per heavy atom. The maximum Gasteiger partial charge on any atom is 0.251 e. The van der Waals surface area contributed by atoms with Crippen molar-refractivity contribution in [1.82, 2.24) is 5.32 Å². The minimum atomic E-state index is -3.76. The van der Waals surface area contributed by atoms with E-state index in [1.165, 1.54) is 6.07 Å². The van der Waals surface area contributed by atoms with Crippen LogP contribution in [0.15, 0.2) is 60.7 Å². The van der Waals surface area contributed by atoms with Crippen molar-refractivity contribution in [2.75, 3.05) is 23.7 Å². The second-order valence-electron chi connectivity index (χ2n) is 7.94. The van der Waals surface area contributed by atoms with Crippen LogP contribution in [0.1, 0.15) is 27.0 Å². The van der Waals surface area contributed by atoms with Crippen molar-refractivity contribution in [3.63, 3.8) is 0 Å². The van der Waals surface area contributed by atoms with Crippen molar-refractivity contribution in [1.29, 1.82) is 0 Å². The first-order chi connectivity index (χ1) is 16.0. The fraction of sp³-hybridized carbons (Fsp3) is 0.240. The largest absolute Gasteiger partial charge is 0.491 e. The van der Waals surface area contributed by atoms with Gasteiger partial charge in [0.25, 0.3) is 5.91 Å². The molecule has 0 saturated heterocycles. The first-order valence-electron chi connectivity index (χ1n) is 10.5. The van der Waals surface area contributed by atoms with Crippen molar-refractivity contribution in [2.24, 2.45) is 0 Å². The van der Waals surface area contributed by atoms with Gasteiger partial charge in [-0.05, 0) is 55.3 Å². The molecule has 0 bridgehead atoms. The molecule has 0 aliphatic carbocycles.